The van der Waals surface area contributed by atoms with Gasteiger partial charge in [0.2, 0.25) is 0 Å². The van der Waals surface area contributed by atoms with Crippen LogP contribution in [0.2, 0.25) is 0 Å². The smallest absolute Gasteiger partial charge is 0.315 e. The van der Waals surface area contributed by atoms with E-state index < -0.39 is 11.9 Å². The molecule has 0 amide bonds. The highest BCUT2D eigenvalue weighted by atomic mass is 16.5. The average molecular weight is 292 g/mol. The lowest BCUT2D eigenvalue weighted by atomic mass is 9.88. The summed E-state index contributed by atoms with van der Waals surface area (Å²) in [6.45, 7) is 0. The van der Waals surface area contributed by atoms with Gasteiger partial charge in [0.15, 0.2) is 0 Å². The lowest BCUT2D eigenvalue weighted by molar-refractivity contribution is -0.137. The van der Waals surface area contributed by atoms with Gasteiger partial charge in [-0.1, -0.05) is 54.6 Å². The van der Waals surface area contributed by atoms with Crippen molar-refractivity contribution in [2.75, 3.05) is 7.11 Å². The van der Waals surface area contributed by atoms with E-state index in [1.165, 1.54) is 0 Å². The molecule has 0 spiro atoms. The molecule has 3 rings (SSSR count). The van der Waals surface area contributed by atoms with Gasteiger partial charge < -0.3 is 9.84 Å². The zero-order valence-electron chi connectivity index (χ0n) is 12.2. The zero-order chi connectivity index (χ0) is 15.5. The molecule has 110 valence electrons. The number of benzene rings is 3. The topological polar surface area (TPSA) is 46.5 Å². The van der Waals surface area contributed by atoms with Gasteiger partial charge in [-0.3, -0.25) is 4.79 Å². The van der Waals surface area contributed by atoms with Crippen LogP contribution in [0.15, 0.2) is 66.7 Å². The van der Waals surface area contributed by atoms with Crippen molar-refractivity contribution in [2.24, 2.45) is 0 Å². The van der Waals surface area contributed by atoms with Gasteiger partial charge in [-0.15, -0.1) is 0 Å². The molecule has 0 aliphatic heterocycles. The highest BCUT2D eigenvalue weighted by Gasteiger charge is 2.23. The fourth-order valence-electron chi connectivity index (χ4n) is 2.75. The van der Waals surface area contributed by atoms with Crippen molar-refractivity contribution in [3.8, 4) is 5.75 Å². The largest absolute Gasteiger partial charge is 0.497 e. The van der Waals surface area contributed by atoms with Gasteiger partial charge in [0, 0.05) is 0 Å². The minimum absolute atomic E-state index is 0.697. The highest BCUT2D eigenvalue weighted by molar-refractivity contribution is 5.92. The molecule has 0 fully saturated rings. The van der Waals surface area contributed by atoms with Crippen molar-refractivity contribution in [3.63, 3.8) is 0 Å². The van der Waals surface area contributed by atoms with Gasteiger partial charge in [-0.2, -0.15) is 0 Å². The Morgan fingerprint density at radius 1 is 0.955 bits per heavy atom. The van der Waals surface area contributed by atoms with E-state index in [-0.39, 0.29) is 0 Å². The predicted octanol–water partition coefficient (Wildman–Crippen LogP) is 4.06. The third kappa shape index (κ3) is 2.53. The molecule has 3 heteroatoms. The second-order valence-corrected chi connectivity index (χ2v) is 5.11. The number of ether oxygens (including phenoxy) is 1. The molecule has 0 saturated carbocycles. The van der Waals surface area contributed by atoms with Crippen LogP contribution in [0.5, 0.6) is 5.75 Å². The van der Waals surface area contributed by atoms with Crippen molar-refractivity contribution in [2.45, 2.75) is 5.92 Å². The normalized spacial score (nSPS) is 12.0. The summed E-state index contributed by atoms with van der Waals surface area (Å²) in [6, 6.07) is 20.8. The van der Waals surface area contributed by atoms with Crippen molar-refractivity contribution in [1.29, 1.82) is 0 Å². The number of carbonyl (C=O) groups is 1. The molecular weight excluding hydrogens is 276 g/mol. The number of carboxylic acids is 1. The van der Waals surface area contributed by atoms with E-state index in [4.69, 9.17) is 4.74 Å². The van der Waals surface area contributed by atoms with Gasteiger partial charge in [0.25, 0.3) is 0 Å². The summed E-state index contributed by atoms with van der Waals surface area (Å²) in [4.78, 5) is 11.9. The molecule has 0 aliphatic carbocycles. The SMILES string of the molecule is COc1ccc(C(C(=O)O)c2cccc3ccccc23)cc1. The first-order valence-electron chi connectivity index (χ1n) is 7.05. The lowest BCUT2D eigenvalue weighted by Crippen LogP contribution is -2.13. The van der Waals surface area contributed by atoms with Gasteiger partial charge in [-0.25, -0.2) is 0 Å². The quantitative estimate of drug-likeness (QED) is 0.788. The third-order valence-corrected chi connectivity index (χ3v) is 3.83. The molecule has 0 saturated heterocycles. The van der Waals surface area contributed by atoms with Gasteiger partial charge >= 0.3 is 5.97 Å². The summed E-state index contributed by atoms with van der Waals surface area (Å²) in [5, 5.41) is 11.7. The summed E-state index contributed by atoms with van der Waals surface area (Å²) in [5.41, 5.74) is 1.54. The minimum Gasteiger partial charge on any atom is -0.497 e. The number of hydrogen-bond acceptors (Lipinski definition) is 2. The summed E-state index contributed by atoms with van der Waals surface area (Å²) < 4.78 is 5.14. The molecule has 1 atom stereocenters. The number of fused-ring (bicyclic) bond motifs is 1. The van der Waals surface area contributed by atoms with E-state index >= 15 is 0 Å². The van der Waals surface area contributed by atoms with Crippen LogP contribution in [0.4, 0.5) is 0 Å². The van der Waals surface area contributed by atoms with Gasteiger partial charge in [-0.05, 0) is 34.0 Å². The second-order valence-electron chi connectivity index (χ2n) is 5.11. The predicted molar refractivity (Wildman–Crippen MR) is 86.4 cm³/mol. The molecule has 0 aliphatic rings. The van der Waals surface area contributed by atoms with Crippen molar-refractivity contribution in [3.05, 3.63) is 77.9 Å². The first kappa shape index (κ1) is 14.1. The van der Waals surface area contributed by atoms with Crippen LogP contribution in [0, 0.1) is 0 Å². The van der Waals surface area contributed by atoms with E-state index in [2.05, 4.69) is 0 Å². The second kappa shape index (κ2) is 5.90. The Labute approximate surface area is 128 Å². The molecule has 3 aromatic rings. The van der Waals surface area contributed by atoms with Crippen LogP contribution in [0.1, 0.15) is 17.0 Å². The number of carboxylic acid groups (broad SMARTS) is 1. The Morgan fingerprint density at radius 2 is 1.64 bits per heavy atom. The van der Waals surface area contributed by atoms with Crippen molar-refractivity contribution < 1.29 is 14.6 Å². The Bertz CT molecular complexity index is 801. The molecule has 0 bridgehead atoms. The van der Waals surface area contributed by atoms with Crippen LogP contribution in [0.25, 0.3) is 10.8 Å². The van der Waals surface area contributed by atoms with E-state index in [1.807, 2.05) is 42.5 Å². The molecule has 3 nitrogen and oxygen atoms in total. The fourth-order valence-corrected chi connectivity index (χ4v) is 2.75. The van der Waals surface area contributed by atoms with Crippen LogP contribution in [-0.2, 0) is 4.79 Å². The van der Waals surface area contributed by atoms with Crippen LogP contribution in [0.3, 0.4) is 0 Å². The van der Waals surface area contributed by atoms with Gasteiger partial charge in [0.1, 0.15) is 11.7 Å². The minimum atomic E-state index is -0.860. The monoisotopic (exact) mass is 292 g/mol. The molecular formula is C19H16O3. The zero-order valence-corrected chi connectivity index (χ0v) is 12.2. The molecule has 1 N–H and O–H groups in total. The lowest BCUT2D eigenvalue weighted by Gasteiger charge is -2.16. The maximum Gasteiger partial charge on any atom is 0.315 e. The molecule has 22 heavy (non-hydrogen) atoms. The molecule has 1 unspecified atom stereocenters. The van der Waals surface area contributed by atoms with Crippen LogP contribution in [-0.4, -0.2) is 18.2 Å². The molecule has 0 radical (unpaired) electrons. The summed E-state index contributed by atoms with van der Waals surface area (Å²) in [6.07, 6.45) is 0. The highest BCUT2D eigenvalue weighted by Crippen LogP contribution is 2.31. The fraction of sp³-hybridized carbons (Fsp3) is 0.105. The summed E-state index contributed by atoms with van der Waals surface area (Å²) in [7, 11) is 1.59. The molecule has 0 heterocycles. The standard InChI is InChI=1S/C19H16O3/c1-22-15-11-9-14(10-12-15)18(19(20)21)17-8-4-6-13-5-2-3-7-16(13)17/h2-12,18H,1H3,(H,20,21). The average Bonchev–Trinajstić information content (AvgIpc) is 2.56. The number of hydrogen-bond donors (Lipinski definition) is 1. The maximum atomic E-state index is 11.9. The van der Waals surface area contributed by atoms with Gasteiger partial charge in [0.05, 0.1) is 7.11 Å². The van der Waals surface area contributed by atoms with E-state index in [0.29, 0.717) is 5.75 Å². The van der Waals surface area contributed by atoms with E-state index in [9.17, 15) is 9.90 Å². The first-order chi connectivity index (χ1) is 10.7. The van der Waals surface area contributed by atoms with Crippen molar-refractivity contribution >= 4 is 16.7 Å². The third-order valence-electron chi connectivity index (χ3n) is 3.83. The Kier molecular flexibility index (Phi) is 3.79. The van der Waals surface area contributed by atoms with E-state index in [1.54, 1.807) is 31.4 Å². The Morgan fingerprint density at radius 3 is 2.32 bits per heavy atom. The Balaban J connectivity index is 2.16. The summed E-state index contributed by atoms with van der Waals surface area (Å²) >= 11 is 0. The van der Waals surface area contributed by atoms with Crippen LogP contribution >= 0.6 is 0 Å². The summed E-state index contributed by atoms with van der Waals surface area (Å²) in [5.74, 6) is -0.843. The number of aliphatic carboxylic acids is 1. The maximum absolute atomic E-state index is 11.9. The van der Waals surface area contributed by atoms with Crippen molar-refractivity contribution in [1.82, 2.24) is 0 Å². The molecule has 0 aromatic heterocycles. The molecule has 3 aromatic carbocycles. The van der Waals surface area contributed by atoms with Crippen LogP contribution < -0.4 is 4.74 Å². The number of methoxy groups -OCH3 is 1. The first-order valence-corrected chi connectivity index (χ1v) is 7.05. The Hall–Kier alpha value is -2.81. The van der Waals surface area contributed by atoms with E-state index in [0.717, 1.165) is 21.9 Å². The number of rotatable bonds is 4.